The Morgan fingerprint density at radius 2 is 1.84 bits per heavy atom. The second-order valence-corrected chi connectivity index (χ2v) is 3.88. The first kappa shape index (κ1) is 17.5. The van der Waals surface area contributed by atoms with E-state index in [4.69, 9.17) is 11.2 Å². The Morgan fingerprint density at radius 3 is 2.32 bits per heavy atom. The zero-order valence-electron chi connectivity index (χ0n) is 11.4. The molecule has 0 aromatic heterocycles. The molecule has 1 aromatic carbocycles. The maximum atomic E-state index is 11.7. The van der Waals surface area contributed by atoms with Crippen molar-refractivity contribution in [3.8, 4) is 12.3 Å². The van der Waals surface area contributed by atoms with Gasteiger partial charge in [0.15, 0.2) is 0 Å². The van der Waals surface area contributed by atoms with Gasteiger partial charge in [-0.15, -0.1) is 18.8 Å². The van der Waals surface area contributed by atoms with Crippen LogP contribution in [0.15, 0.2) is 24.3 Å². The van der Waals surface area contributed by atoms with Crippen LogP contribution in [0, 0.1) is 12.3 Å². The molecular weight excluding hydrogens is 262 g/mol. The summed E-state index contributed by atoms with van der Waals surface area (Å²) in [6.07, 6.45) is 5.25. The number of esters is 1. The lowest BCUT2D eigenvalue weighted by molar-refractivity contribution is 0.0466. The van der Waals surface area contributed by atoms with E-state index in [1.165, 1.54) is 0 Å². The highest BCUT2D eigenvalue weighted by molar-refractivity contribution is 5.89. The number of benzene rings is 1. The number of hydrogen-bond acceptors (Lipinski definition) is 3. The lowest BCUT2D eigenvalue weighted by atomic mass is 10.1. The highest BCUT2D eigenvalue weighted by Gasteiger charge is 2.07. The van der Waals surface area contributed by atoms with Crippen molar-refractivity contribution in [3.05, 3.63) is 35.4 Å². The molecule has 0 aliphatic carbocycles. The average molecular weight is 282 g/mol. The predicted molar refractivity (Wildman–Crippen MR) is 79.7 cm³/mol. The quantitative estimate of drug-likeness (QED) is 0.593. The number of carbonyl (C=O) groups is 1. The van der Waals surface area contributed by atoms with E-state index in [1.54, 1.807) is 24.3 Å². The standard InChI is InChI=1S/C15H19NO2.ClH/c1-4-13-7-9-14(10-8-13)15(17)18-12-11-16(5-2)6-3;/h1,7-10H,5-6,11-12H2,2-3H3;1H. The number of likely N-dealkylation sites (N-methyl/N-ethyl adjacent to an activating group) is 1. The maximum absolute atomic E-state index is 11.7. The van der Waals surface area contributed by atoms with Crippen molar-refractivity contribution >= 4 is 18.4 Å². The largest absolute Gasteiger partial charge is 0.461 e. The molecule has 0 heterocycles. The fourth-order valence-electron chi connectivity index (χ4n) is 1.59. The van der Waals surface area contributed by atoms with E-state index in [0.29, 0.717) is 12.2 Å². The van der Waals surface area contributed by atoms with Gasteiger partial charge in [0.05, 0.1) is 5.56 Å². The lowest BCUT2D eigenvalue weighted by Crippen LogP contribution is -2.27. The molecule has 0 radical (unpaired) electrons. The van der Waals surface area contributed by atoms with Crippen molar-refractivity contribution < 1.29 is 9.53 Å². The third-order valence-electron chi connectivity index (χ3n) is 2.82. The number of carbonyl (C=O) groups excluding carboxylic acids is 1. The van der Waals surface area contributed by atoms with E-state index in [0.717, 1.165) is 25.2 Å². The van der Waals surface area contributed by atoms with E-state index in [2.05, 4.69) is 24.7 Å². The van der Waals surface area contributed by atoms with E-state index in [9.17, 15) is 4.79 Å². The van der Waals surface area contributed by atoms with Crippen LogP contribution in [-0.4, -0.2) is 37.1 Å². The Bertz CT molecular complexity index is 419. The number of terminal acetylenes is 1. The normalized spacial score (nSPS) is 9.58. The van der Waals surface area contributed by atoms with Crippen molar-refractivity contribution in [2.45, 2.75) is 13.8 Å². The van der Waals surface area contributed by atoms with Crippen LogP contribution < -0.4 is 0 Å². The SMILES string of the molecule is C#Cc1ccc(C(=O)OCCN(CC)CC)cc1.Cl. The summed E-state index contributed by atoms with van der Waals surface area (Å²) in [4.78, 5) is 13.9. The third kappa shape index (κ3) is 5.78. The zero-order chi connectivity index (χ0) is 13.4. The summed E-state index contributed by atoms with van der Waals surface area (Å²) in [6.45, 7) is 7.28. The van der Waals surface area contributed by atoms with Crippen LogP contribution in [0.5, 0.6) is 0 Å². The Hall–Kier alpha value is -1.50. The van der Waals surface area contributed by atoms with Gasteiger partial charge < -0.3 is 9.64 Å². The Balaban J connectivity index is 0.00000324. The second kappa shape index (κ2) is 9.43. The Kier molecular flexibility index (Phi) is 8.69. The molecule has 0 aliphatic heterocycles. The first-order valence-electron chi connectivity index (χ1n) is 6.17. The molecule has 1 rings (SSSR count). The summed E-state index contributed by atoms with van der Waals surface area (Å²) in [7, 11) is 0. The minimum atomic E-state index is -0.300. The zero-order valence-corrected chi connectivity index (χ0v) is 12.2. The van der Waals surface area contributed by atoms with Crippen molar-refractivity contribution in [2.75, 3.05) is 26.2 Å². The molecule has 104 valence electrons. The highest BCUT2D eigenvalue weighted by Crippen LogP contribution is 2.05. The summed E-state index contributed by atoms with van der Waals surface area (Å²) >= 11 is 0. The van der Waals surface area contributed by atoms with Crippen molar-refractivity contribution in [3.63, 3.8) is 0 Å². The molecule has 0 bridgehead atoms. The number of hydrogen-bond donors (Lipinski definition) is 0. The minimum absolute atomic E-state index is 0. The van der Waals surface area contributed by atoms with Gasteiger partial charge in [-0.1, -0.05) is 19.8 Å². The summed E-state index contributed by atoms with van der Waals surface area (Å²) in [5.41, 5.74) is 1.29. The van der Waals surface area contributed by atoms with Crippen molar-refractivity contribution in [1.29, 1.82) is 0 Å². The molecule has 0 N–H and O–H groups in total. The van der Waals surface area contributed by atoms with Crippen LogP contribution in [0.25, 0.3) is 0 Å². The summed E-state index contributed by atoms with van der Waals surface area (Å²) in [5.74, 6) is 2.21. The molecule has 4 heteroatoms. The highest BCUT2D eigenvalue weighted by atomic mass is 35.5. The van der Waals surface area contributed by atoms with Gasteiger partial charge in [-0.05, 0) is 37.4 Å². The molecule has 0 unspecified atom stereocenters. The molecule has 0 aliphatic rings. The molecular formula is C15H20ClNO2. The topological polar surface area (TPSA) is 29.5 Å². The van der Waals surface area contributed by atoms with E-state index < -0.39 is 0 Å². The molecule has 0 saturated heterocycles. The summed E-state index contributed by atoms with van der Waals surface area (Å²) in [6, 6.07) is 6.85. The van der Waals surface area contributed by atoms with Crippen LogP contribution in [0.1, 0.15) is 29.8 Å². The lowest BCUT2D eigenvalue weighted by Gasteiger charge is -2.17. The summed E-state index contributed by atoms with van der Waals surface area (Å²) in [5, 5.41) is 0. The smallest absolute Gasteiger partial charge is 0.338 e. The Morgan fingerprint density at radius 1 is 1.26 bits per heavy atom. The minimum Gasteiger partial charge on any atom is -0.461 e. The van der Waals surface area contributed by atoms with Crippen LogP contribution in [0.2, 0.25) is 0 Å². The molecule has 0 spiro atoms. The van der Waals surface area contributed by atoms with E-state index in [1.807, 2.05) is 0 Å². The monoisotopic (exact) mass is 281 g/mol. The molecule has 19 heavy (non-hydrogen) atoms. The van der Waals surface area contributed by atoms with Gasteiger partial charge >= 0.3 is 5.97 Å². The van der Waals surface area contributed by atoms with Crippen molar-refractivity contribution in [1.82, 2.24) is 4.90 Å². The third-order valence-corrected chi connectivity index (χ3v) is 2.82. The van der Waals surface area contributed by atoms with E-state index in [-0.39, 0.29) is 18.4 Å². The van der Waals surface area contributed by atoms with Crippen LogP contribution in [0.4, 0.5) is 0 Å². The van der Waals surface area contributed by atoms with Gasteiger partial charge in [0.1, 0.15) is 6.61 Å². The van der Waals surface area contributed by atoms with E-state index >= 15 is 0 Å². The number of rotatable bonds is 6. The number of ether oxygens (including phenoxy) is 1. The molecule has 3 nitrogen and oxygen atoms in total. The number of halogens is 1. The van der Waals surface area contributed by atoms with Crippen LogP contribution in [0.3, 0.4) is 0 Å². The van der Waals surface area contributed by atoms with Gasteiger partial charge in [0.25, 0.3) is 0 Å². The fraction of sp³-hybridized carbons (Fsp3) is 0.400. The van der Waals surface area contributed by atoms with Crippen LogP contribution >= 0.6 is 12.4 Å². The molecule has 0 fully saturated rings. The fourth-order valence-corrected chi connectivity index (χ4v) is 1.59. The Labute approximate surface area is 121 Å². The molecule has 0 saturated carbocycles. The molecule has 0 amide bonds. The van der Waals surface area contributed by atoms with Gasteiger partial charge in [-0.3, -0.25) is 0 Å². The molecule has 1 aromatic rings. The van der Waals surface area contributed by atoms with Gasteiger partial charge in [-0.25, -0.2) is 4.79 Å². The summed E-state index contributed by atoms with van der Waals surface area (Å²) < 4.78 is 5.20. The van der Waals surface area contributed by atoms with Gasteiger partial charge in [0, 0.05) is 12.1 Å². The maximum Gasteiger partial charge on any atom is 0.338 e. The average Bonchev–Trinajstić information content (AvgIpc) is 2.43. The van der Waals surface area contributed by atoms with Gasteiger partial charge in [0.2, 0.25) is 0 Å². The van der Waals surface area contributed by atoms with Crippen molar-refractivity contribution in [2.24, 2.45) is 0 Å². The first-order chi connectivity index (χ1) is 8.71. The van der Waals surface area contributed by atoms with Crippen LogP contribution in [-0.2, 0) is 4.74 Å². The molecule has 0 atom stereocenters. The second-order valence-electron chi connectivity index (χ2n) is 3.88. The van der Waals surface area contributed by atoms with Gasteiger partial charge in [-0.2, -0.15) is 0 Å². The first-order valence-corrected chi connectivity index (χ1v) is 6.17. The predicted octanol–water partition coefficient (Wildman–Crippen LogP) is 2.59. The number of nitrogens with zero attached hydrogens (tertiary/aromatic N) is 1.